The van der Waals surface area contributed by atoms with Crippen LogP contribution in [0.4, 0.5) is 5.69 Å². The maximum Gasteiger partial charge on any atom is 0.262 e. The lowest BCUT2D eigenvalue weighted by molar-refractivity contribution is -0.121. The fourth-order valence-corrected chi connectivity index (χ4v) is 3.90. The van der Waals surface area contributed by atoms with Crippen LogP contribution in [0, 0.1) is 6.92 Å². The van der Waals surface area contributed by atoms with Crippen molar-refractivity contribution < 1.29 is 9.59 Å². The molecule has 1 atom stereocenters. The van der Waals surface area contributed by atoms with Crippen LogP contribution in [0.1, 0.15) is 24.8 Å². The van der Waals surface area contributed by atoms with Crippen LogP contribution in [0.15, 0.2) is 23.2 Å². The number of rotatable bonds is 3. The third-order valence-electron chi connectivity index (χ3n) is 3.93. The van der Waals surface area contributed by atoms with Crippen molar-refractivity contribution in [1.82, 2.24) is 4.90 Å². The van der Waals surface area contributed by atoms with E-state index < -0.39 is 5.25 Å². The first-order valence-electron chi connectivity index (χ1n) is 7.63. The SMILES string of the molecule is Cc1ccc(NC(=O)C[C@@H]2SC(N3CCCC3)=NC2=O)cc1Cl. The van der Waals surface area contributed by atoms with Crippen LogP contribution in [0.25, 0.3) is 0 Å². The molecule has 0 saturated carbocycles. The zero-order valence-electron chi connectivity index (χ0n) is 12.8. The minimum Gasteiger partial charge on any atom is -0.351 e. The number of amidine groups is 1. The van der Waals surface area contributed by atoms with E-state index in [0.717, 1.165) is 36.7 Å². The average molecular weight is 352 g/mol. The highest BCUT2D eigenvalue weighted by Gasteiger charge is 2.33. The fraction of sp³-hybridized carbons (Fsp3) is 0.438. The first-order valence-corrected chi connectivity index (χ1v) is 8.89. The summed E-state index contributed by atoms with van der Waals surface area (Å²) in [4.78, 5) is 30.4. The van der Waals surface area contributed by atoms with Gasteiger partial charge < -0.3 is 10.2 Å². The summed E-state index contributed by atoms with van der Waals surface area (Å²) in [6.45, 7) is 3.79. The third-order valence-corrected chi connectivity index (χ3v) is 5.55. The Kier molecular flexibility index (Phi) is 4.92. The van der Waals surface area contributed by atoms with Crippen molar-refractivity contribution in [3.05, 3.63) is 28.8 Å². The highest BCUT2D eigenvalue weighted by molar-refractivity contribution is 8.15. The number of thioether (sulfide) groups is 1. The summed E-state index contributed by atoms with van der Waals surface area (Å²) >= 11 is 7.45. The van der Waals surface area contributed by atoms with Crippen LogP contribution < -0.4 is 5.32 Å². The minimum absolute atomic E-state index is 0.121. The van der Waals surface area contributed by atoms with Crippen LogP contribution in [0.2, 0.25) is 5.02 Å². The van der Waals surface area contributed by atoms with Gasteiger partial charge in [0.2, 0.25) is 5.91 Å². The first-order chi connectivity index (χ1) is 11.0. The van der Waals surface area contributed by atoms with E-state index in [1.54, 1.807) is 12.1 Å². The van der Waals surface area contributed by atoms with Crippen LogP contribution in [0.3, 0.4) is 0 Å². The summed E-state index contributed by atoms with van der Waals surface area (Å²) in [7, 11) is 0. The number of aliphatic imine (C=N–C) groups is 1. The molecule has 3 rings (SSSR count). The molecule has 0 aromatic heterocycles. The van der Waals surface area contributed by atoms with Gasteiger partial charge in [0, 0.05) is 30.2 Å². The van der Waals surface area contributed by atoms with Gasteiger partial charge >= 0.3 is 0 Å². The molecule has 0 radical (unpaired) electrons. The molecule has 2 amide bonds. The van der Waals surface area contributed by atoms with E-state index in [4.69, 9.17) is 11.6 Å². The van der Waals surface area contributed by atoms with Crippen LogP contribution in [-0.2, 0) is 9.59 Å². The number of hydrogen-bond donors (Lipinski definition) is 1. The molecule has 2 aliphatic rings. The Bertz CT molecular complexity index is 671. The van der Waals surface area contributed by atoms with E-state index >= 15 is 0 Å². The van der Waals surface area contributed by atoms with Crippen molar-refractivity contribution in [3.8, 4) is 0 Å². The quantitative estimate of drug-likeness (QED) is 0.909. The summed E-state index contributed by atoms with van der Waals surface area (Å²) in [5.74, 6) is -0.414. The highest BCUT2D eigenvalue weighted by atomic mass is 35.5. The molecule has 7 heteroatoms. The van der Waals surface area contributed by atoms with Crippen LogP contribution in [-0.4, -0.2) is 40.2 Å². The molecule has 0 bridgehead atoms. The predicted molar refractivity (Wildman–Crippen MR) is 94.1 cm³/mol. The van der Waals surface area contributed by atoms with Gasteiger partial charge in [-0.2, -0.15) is 4.99 Å². The van der Waals surface area contributed by atoms with Gasteiger partial charge in [-0.15, -0.1) is 0 Å². The highest BCUT2D eigenvalue weighted by Crippen LogP contribution is 2.29. The lowest BCUT2D eigenvalue weighted by Crippen LogP contribution is -2.25. The number of nitrogens with one attached hydrogen (secondary N) is 1. The van der Waals surface area contributed by atoms with Crippen molar-refractivity contribution in [2.24, 2.45) is 4.99 Å². The summed E-state index contributed by atoms with van der Waals surface area (Å²) in [5.41, 5.74) is 1.59. The molecule has 2 aliphatic heterocycles. The summed E-state index contributed by atoms with van der Waals surface area (Å²) in [6, 6.07) is 5.36. The largest absolute Gasteiger partial charge is 0.351 e. The molecule has 0 unspecified atom stereocenters. The van der Waals surface area contributed by atoms with Crippen molar-refractivity contribution in [3.63, 3.8) is 0 Å². The molecule has 1 fully saturated rings. The standard InChI is InChI=1S/C16H18ClN3O2S/c1-10-4-5-11(8-12(10)17)18-14(21)9-13-15(22)19-16(23-13)20-6-2-3-7-20/h4-5,8,13H,2-3,6-7,9H2,1H3,(H,18,21)/t13-/m0/s1. The number of halogens is 1. The molecule has 1 aromatic carbocycles. The molecule has 23 heavy (non-hydrogen) atoms. The Hall–Kier alpha value is -1.53. The molecular formula is C16H18ClN3O2S. The number of likely N-dealkylation sites (tertiary alicyclic amines) is 1. The lowest BCUT2D eigenvalue weighted by atomic mass is 10.2. The number of nitrogens with zero attached hydrogens (tertiary/aromatic N) is 2. The molecule has 5 nitrogen and oxygen atoms in total. The van der Waals surface area contributed by atoms with Gasteiger partial charge in [-0.3, -0.25) is 9.59 Å². The van der Waals surface area contributed by atoms with E-state index in [0.29, 0.717) is 10.7 Å². The number of anilines is 1. The topological polar surface area (TPSA) is 61.8 Å². The number of amides is 2. The van der Waals surface area contributed by atoms with Gasteiger partial charge in [0.05, 0.1) is 0 Å². The van der Waals surface area contributed by atoms with Gasteiger partial charge in [0.15, 0.2) is 5.17 Å². The Morgan fingerprint density at radius 2 is 2.17 bits per heavy atom. The molecule has 0 aliphatic carbocycles. The molecule has 2 heterocycles. The molecular weight excluding hydrogens is 334 g/mol. The van der Waals surface area contributed by atoms with E-state index in [1.165, 1.54) is 11.8 Å². The van der Waals surface area contributed by atoms with Crippen molar-refractivity contribution in [1.29, 1.82) is 0 Å². The maximum atomic E-state index is 12.2. The second-order valence-electron chi connectivity index (χ2n) is 5.75. The summed E-state index contributed by atoms with van der Waals surface area (Å²) < 4.78 is 0. The minimum atomic E-state index is -0.425. The van der Waals surface area contributed by atoms with E-state index in [2.05, 4.69) is 15.2 Å². The second-order valence-corrected chi connectivity index (χ2v) is 7.33. The Morgan fingerprint density at radius 3 is 2.87 bits per heavy atom. The van der Waals surface area contributed by atoms with E-state index in [9.17, 15) is 9.59 Å². The van der Waals surface area contributed by atoms with Crippen LogP contribution >= 0.6 is 23.4 Å². The van der Waals surface area contributed by atoms with Crippen molar-refractivity contribution >= 4 is 46.0 Å². The van der Waals surface area contributed by atoms with Gasteiger partial charge in [0.25, 0.3) is 5.91 Å². The number of aryl methyl sites for hydroxylation is 1. The third kappa shape index (κ3) is 3.87. The molecule has 1 saturated heterocycles. The first kappa shape index (κ1) is 16.3. The van der Waals surface area contributed by atoms with E-state index in [1.807, 2.05) is 13.0 Å². The molecule has 1 aromatic rings. The molecule has 0 spiro atoms. The van der Waals surface area contributed by atoms with Gasteiger partial charge in [0.1, 0.15) is 5.25 Å². The number of hydrogen-bond acceptors (Lipinski definition) is 4. The van der Waals surface area contributed by atoms with Crippen molar-refractivity contribution in [2.45, 2.75) is 31.4 Å². The average Bonchev–Trinajstić information content (AvgIpc) is 3.13. The van der Waals surface area contributed by atoms with Crippen LogP contribution in [0.5, 0.6) is 0 Å². The number of carbonyl (C=O) groups is 2. The van der Waals surface area contributed by atoms with Gasteiger partial charge in [-0.05, 0) is 37.5 Å². The Labute approximate surface area is 144 Å². The molecule has 122 valence electrons. The van der Waals surface area contributed by atoms with Crippen molar-refractivity contribution in [2.75, 3.05) is 18.4 Å². The van der Waals surface area contributed by atoms with Gasteiger partial charge in [-0.1, -0.05) is 29.4 Å². The Balaban J connectivity index is 1.56. The Morgan fingerprint density at radius 1 is 1.43 bits per heavy atom. The van der Waals surface area contributed by atoms with E-state index in [-0.39, 0.29) is 18.2 Å². The lowest BCUT2D eigenvalue weighted by Gasteiger charge is -2.16. The second kappa shape index (κ2) is 6.93. The zero-order chi connectivity index (χ0) is 16.4. The smallest absolute Gasteiger partial charge is 0.262 e. The van der Waals surface area contributed by atoms with Gasteiger partial charge in [-0.25, -0.2) is 0 Å². The monoisotopic (exact) mass is 351 g/mol. The fourth-order valence-electron chi connectivity index (χ4n) is 2.60. The predicted octanol–water partition coefficient (Wildman–Crippen LogP) is 3.07. The number of benzene rings is 1. The zero-order valence-corrected chi connectivity index (χ0v) is 14.4. The summed E-state index contributed by atoms with van der Waals surface area (Å²) in [6.07, 6.45) is 2.38. The summed E-state index contributed by atoms with van der Waals surface area (Å²) in [5, 5.41) is 3.74. The normalized spacial score (nSPS) is 20.8. The maximum absolute atomic E-state index is 12.2. The molecule has 1 N–H and O–H groups in total. The number of carbonyl (C=O) groups excluding carboxylic acids is 2.